The van der Waals surface area contributed by atoms with Gasteiger partial charge in [0.05, 0.1) is 5.69 Å². The fourth-order valence-electron chi connectivity index (χ4n) is 0.921. The van der Waals surface area contributed by atoms with Gasteiger partial charge >= 0.3 is 0 Å². The van der Waals surface area contributed by atoms with E-state index in [1.165, 1.54) is 12.1 Å². The lowest BCUT2D eigenvalue weighted by Gasteiger charge is -2.05. The summed E-state index contributed by atoms with van der Waals surface area (Å²) in [7, 11) is 0. The number of thioether (sulfide) groups is 1. The fraction of sp³-hybridized carbons (Fsp3) is 0.333. The van der Waals surface area contributed by atoms with Crippen molar-refractivity contribution in [2.24, 2.45) is 0 Å². The van der Waals surface area contributed by atoms with Crippen molar-refractivity contribution < 1.29 is 8.78 Å². The summed E-state index contributed by atoms with van der Waals surface area (Å²) < 4.78 is 25.4. The van der Waals surface area contributed by atoms with Crippen molar-refractivity contribution in [2.45, 2.75) is 0 Å². The van der Waals surface area contributed by atoms with Crippen molar-refractivity contribution in [3.05, 3.63) is 29.8 Å². The lowest BCUT2D eigenvalue weighted by Crippen LogP contribution is -2.05. The number of rotatable bonds is 4. The smallest absolute Gasteiger partial charge is 0.149 e. The molecule has 1 aromatic carbocycles. The second-order valence-corrected chi connectivity index (χ2v) is 3.53. The summed E-state index contributed by atoms with van der Waals surface area (Å²) in [6, 6.07) is 3.52. The minimum absolute atomic E-state index is 0.357. The van der Waals surface area contributed by atoms with E-state index in [1.807, 2.05) is 6.26 Å². The van der Waals surface area contributed by atoms with E-state index in [4.69, 9.17) is 0 Å². The van der Waals surface area contributed by atoms with E-state index in [2.05, 4.69) is 5.32 Å². The van der Waals surface area contributed by atoms with Crippen molar-refractivity contribution in [1.29, 1.82) is 0 Å². The van der Waals surface area contributed by atoms with Crippen LogP contribution in [0.5, 0.6) is 0 Å². The van der Waals surface area contributed by atoms with Crippen LogP contribution in [0.4, 0.5) is 14.5 Å². The Morgan fingerprint density at radius 3 is 2.77 bits per heavy atom. The van der Waals surface area contributed by atoms with Gasteiger partial charge in [-0.05, 0) is 18.4 Å². The van der Waals surface area contributed by atoms with Crippen LogP contribution < -0.4 is 5.32 Å². The maximum absolute atomic E-state index is 13.0. The van der Waals surface area contributed by atoms with E-state index < -0.39 is 11.6 Å². The predicted octanol–water partition coefficient (Wildman–Crippen LogP) is 2.74. The zero-order valence-corrected chi connectivity index (χ0v) is 8.13. The van der Waals surface area contributed by atoms with Crippen LogP contribution >= 0.6 is 11.8 Å². The summed E-state index contributed by atoms with van der Waals surface area (Å²) in [5.41, 5.74) is 0.357. The Labute approximate surface area is 80.5 Å². The molecule has 0 saturated heterocycles. The van der Waals surface area contributed by atoms with Crippen molar-refractivity contribution in [2.75, 3.05) is 23.9 Å². The summed E-state index contributed by atoms with van der Waals surface area (Å²) in [5.74, 6) is -0.189. The molecule has 0 saturated carbocycles. The van der Waals surface area contributed by atoms with Gasteiger partial charge in [-0.1, -0.05) is 0 Å². The second-order valence-electron chi connectivity index (χ2n) is 2.54. The quantitative estimate of drug-likeness (QED) is 0.755. The molecule has 72 valence electrons. The van der Waals surface area contributed by atoms with Gasteiger partial charge in [0.25, 0.3) is 0 Å². The molecule has 0 aliphatic rings. The standard InChI is InChI=1S/C9H11F2NS/c1-13-5-4-12-9-3-2-7(10)6-8(9)11/h2-3,6,12H,4-5H2,1H3. The summed E-state index contributed by atoms with van der Waals surface area (Å²) in [6.07, 6.45) is 1.97. The number of hydrogen-bond acceptors (Lipinski definition) is 2. The highest BCUT2D eigenvalue weighted by Gasteiger charge is 2.01. The Bertz CT molecular complexity index is 278. The number of anilines is 1. The van der Waals surface area contributed by atoms with Gasteiger partial charge in [0.2, 0.25) is 0 Å². The Hall–Kier alpha value is -0.770. The van der Waals surface area contributed by atoms with Gasteiger partial charge in [-0.25, -0.2) is 8.78 Å². The van der Waals surface area contributed by atoms with Crippen molar-refractivity contribution >= 4 is 17.4 Å². The molecule has 0 aliphatic carbocycles. The molecule has 0 radical (unpaired) electrons. The maximum Gasteiger partial charge on any atom is 0.149 e. The first-order chi connectivity index (χ1) is 6.24. The number of hydrogen-bond donors (Lipinski definition) is 1. The van der Waals surface area contributed by atoms with Gasteiger partial charge in [0.1, 0.15) is 11.6 Å². The summed E-state index contributed by atoms with van der Waals surface area (Å²) in [6.45, 7) is 0.684. The molecule has 0 atom stereocenters. The van der Waals surface area contributed by atoms with Gasteiger partial charge in [0.15, 0.2) is 0 Å². The van der Waals surface area contributed by atoms with E-state index in [0.717, 1.165) is 11.8 Å². The molecule has 0 aliphatic heterocycles. The molecule has 1 rings (SSSR count). The Morgan fingerprint density at radius 1 is 1.38 bits per heavy atom. The van der Waals surface area contributed by atoms with E-state index in [9.17, 15) is 8.78 Å². The monoisotopic (exact) mass is 203 g/mol. The number of halogens is 2. The predicted molar refractivity (Wildman–Crippen MR) is 53.2 cm³/mol. The highest BCUT2D eigenvalue weighted by atomic mass is 32.2. The lowest BCUT2D eigenvalue weighted by molar-refractivity contribution is 0.585. The third-order valence-electron chi connectivity index (χ3n) is 1.55. The van der Waals surface area contributed by atoms with Crippen molar-refractivity contribution in [3.8, 4) is 0 Å². The van der Waals surface area contributed by atoms with Gasteiger partial charge in [-0.3, -0.25) is 0 Å². The minimum atomic E-state index is -0.548. The first-order valence-electron chi connectivity index (χ1n) is 3.92. The average molecular weight is 203 g/mol. The second kappa shape index (κ2) is 5.07. The molecule has 1 N–H and O–H groups in total. The van der Waals surface area contributed by atoms with Gasteiger partial charge in [0, 0.05) is 18.4 Å². The van der Waals surface area contributed by atoms with Crippen LogP contribution in [0, 0.1) is 11.6 Å². The van der Waals surface area contributed by atoms with Crippen LogP contribution in [-0.4, -0.2) is 18.6 Å². The van der Waals surface area contributed by atoms with Gasteiger partial charge < -0.3 is 5.32 Å². The van der Waals surface area contributed by atoms with E-state index >= 15 is 0 Å². The lowest BCUT2D eigenvalue weighted by atomic mass is 10.3. The van der Waals surface area contributed by atoms with Crippen LogP contribution in [0.1, 0.15) is 0 Å². The summed E-state index contributed by atoms with van der Waals surface area (Å²) in [5, 5.41) is 2.88. The Balaban J connectivity index is 2.56. The normalized spacial score (nSPS) is 10.1. The topological polar surface area (TPSA) is 12.0 Å². The minimum Gasteiger partial charge on any atom is -0.382 e. The van der Waals surface area contributed by atoms with E-state index in [0.29, 0.717) is 12.2 Å². The molecule has 0 bridgehead atoms. The largest absolute Gasteiger partial charge is 0.382 e. The Morgan fingerprint density at radius 2 is 2.15 bits per heavy atom. The van der Waals surface area contributed by atoms with E-state index in [1.54, 1.807) is 11.8 Å². The van der Waals surface area contributed by atoms with E-state index in [-0.39, 0.29) is 0 Å². The van der Waals surface area contributed by atoms with Crippen LogP contribution in [-0.2, 0) is 0 Å². The van der Waals surface area contributed by atoms with Gasteiger partial charge in [-0.15, -0.1) is 0 Å². The molecule has 4 heteroatoms. The highest BCUT2D eigenvalue weighted by molar-refractivity contribution is 7.98. The summed E-state index contributed by atoms with van der Waals surface area (Å²) >= 11 is 1.67. The number of nitrogens with one attached hydrogen (secondary N) is 1. The van der Waals surface area contributed by atoms with Crippen molar-refractivity contribution in [3.63, 3.8) is 0 Å². The average Bonchev–Trinajstić information content (AvgIpc) is 2.09. The summed E-state index contributed by atoms with van der Waals surface area (Å²) in [4.78, 5) is 0. The third kappa shape index (κ3) is 3.22. The zero-order chi connectivity index (χ0) is 9.68. The number of benzene rings is 1. The molecule has 0 heterocycles. The van der Waals surface area contributed by atoms with Crippen LogP contribution in [0.2, 0.25) is 0 Å². The first kappa shape index (κ1) is 10.3. The highest BCUT2D eigenvalue weighted by Crippen LogP contribution is 2.14. The molecule has 0 spiro atoms. The van der Waals surface area contributed by atoms with Crippen LogP contribution in [0.3, 0.4) is 0 Å². The third-order valence-corrected chi connectivity index (χ3v) is 2.17. The van der Waals surface area contributed by atoms with Gasteiger partial charge in [-0.2, -0.15) is 11.8 Å². The molecule has 0 aromatic heterocycles. The maximum atomic E-state index is 13.0. The molecule has 1 aromatic rings. The molecule has 1 nitrogen and oxygen atoms in total. The molecule has 0 fully saturated rings. The molecular weight excluding hydrogens is 192 g/mol. The molecular formula is C9H11F2NS. The fourth-order valence-corrected chi connectivity index (χ4v) is 1.23. The zero-order valence-electron chi connectivity index (χ0n) is 7.31. The first-order valence-corrected chi connectivity index (χ1v) is 5.31. The molecule has 0 amide bonds. The SMILES string of the molecule is CSCCNc1ccc(F)cc1F. The molecule has 13 heavy (non-hydrogen) atoms. The van der Waals surface area contributed by atoms with Crippen LogP contribution in [0.25, 0.3) is 0 Å². The Kier molecular flexibility index (Phi) is 4.02. The molecule has 0 unspecified atom stereocenters. The van der Waals surface area contributed by atoms with Crippen molar-refractivity contribution in [1.82, 2.24) is 0 Å². The van der Waals surface area contributed by atoms with Crippen LogP contribution in [0.15, 0.2) is 18.2 Å².